The van der Waals surface area contributed by atoms with Crippen molar-refractivity contribution in [3.05, 3.63) is 0 Å². The average molecular weight is 2130 g/mol. The highest BCUT2D eigenvalue weighted by Crippen LogP contribution is 2.35. The van der Waals surface area contributed by atoms with Crippen molar-refractivity contribution in [2.75, 3.05) is 46.2 Å². The van der Waals surface area contributed by atoms with Gasteiger partial charge in [-0.05, 0) is 86.4 Å². The number of rotatable bonds is 20. The number of hydrogen-bond donors (Lipinski definition) is 35. The third-order valence-corrected chi connectivity index (χ3v) is 26.9. The second-order valence-electron chi connectivity index (χ2n) is 43.0. The fourth-order valence-electron chi connectivity index (χ4n) is 18.1. The molecule has 37 N–H and O–H groups in total. The van der Waals surface area contributed by atoms with E-state index in [9.17, 15) is 137 Å². The molecular weight excluding hydrogens is 1940 g/mol. The second kappa shape index (κ2) is 66.6. The fourth-order valence-corrected chi connectivity index (χ4v) is 18.1. The summed E-state index contributed by atoms with van der Waals surface area (Å²) in [5.74, 6) is -0.219. The van der Waals surface area contributed by atoms with Gasteiger partial charge in [-0.15, -0.1) is 0 Å². The Morgan fingerprint density at radius 1 is 0.253 bits per heavy atom. The van der Waals surface area contributed by atoms with Gasteiger partial charge >= 0.3 is 0 Å². The van der Waals surface area contributed by atoms with Crippen LogP contribution in [-0.2, 0) is 66.5 Å². The quantitative estimate of drug-likeness (QED) is 0.0538. The number of amides is 4. The van der Waals surface area contributed by atoms with Crippen LogP contribution in [0.1, 0.15) is 193 Å². The lowest BCUT2D eigenvalue weighted by Gasteiger charge is -2.44. The summed E-state index contributed by atoms with van der Waals surface area (Å²) in [4.78, 5) is 43.9. The summed E-state index contributed by atoms with van der Waals surface area (Å²) in [5.41, 5.74) is 11.4. The van der Waals surface area contributed by atoms with E-state index in [1.165, 1.54) is 27.7 Å². The van der Waals surface area contributed by atoms with Crippen LogP contribution in [0.5, 0.6) is 0 Å². The molecule has 10 aliphatic rings. The Balaban J connectivity index is 0.000000813. The summed E-state index contributed by atoms with van der Waals surface area (Å²) < 4.78 is 54.1. The highest BCUT2D eigenvalue weighted by Gasteiger charge is 2.53. The normalized spacial score (nSPS) is 41.8. The van der Waals surface area contributed by atoms with Crippen LogP contribution >= 0.6 is 0 Å². The molecule has 868 valence electrons. The van der Waals surface area contributed by atoms with E-state index in [4.69, 9.17) is 89.5 Å². The molecule has 0 saturated carbocycles. The second-order valence-corrected chi connectivity index (χ2v) is 43.0. The molecule has 0 radical (unpaired) electrons. The SMILES string of the molecule is CC(=O)NC1[C@H](C(C)C)OC(CO)[C@@H](O)[C@@H]1O.CC(=O)NCC1O[C@@H](C(C)C)C(O)[C@@H](O)[C@@H]1O.CC(=O)N[C@@H]1C(O)[C@H](C(C)C)OC(C)[C@H]1O.CC(=O)N[C@@H]1C(O)[C@H](C(C)C)OC(CO)[C@H]1O.CC(C)[C@@H]1OC(C)[C@@H](O)[C@H](N)C1O.CC(C)[C@@H]1OC(CO)[C@@H](O)[C@H](O)C1O.CC(C)[C@@H]1OC(CO)[C@H](O)[C@H](O)C1O.CC(C)[C@@H]1OC(CO)[C@H](O)[C@H](O)C1O.CC(C)[C@@H]1OC[C@@H](O)[C@H](O)C1O.CC1C[C@H](N)C(O)[C@H](C(C)C)O1. The first-order valence-electron chi connectivity index (χ1n) is 50.9. The zero-order valence-electron chi connectivity index (χ0n) is 90.0. The summed E-state index contributed by atoms with van der Waals surface area (Å²) in [7, 11) is 0. The average Bonchev–Trinajstić information content (AvgIpc) is 0.794. The molecule has 0 spiro atoms. The molecule has 49 nitrogen and oxygen atoms in total. The molecule has 19 unspecified atom stereocenters. The van der Waals surface area contributed by atoms with E-state index in [-0.39, 0.29) is 166 Å². The van der Waals surface area contributed by atoms with Crippen molar-refractivity contribution in [1.29, 1.82) is 0 Å². The fraction of sp³-hybridized carbons (Fsp3) is 0.959. The summed E-state index contributed by atoms with van der Waals surface area (Å²) in [6, 6.07) is -2.86. The Kier molecular flexibility index (Phi) is 64.0. The maximum Gasteiger partial charge on any atom is 0.217 e. The monoisotopic (exact) mass is 2130 g/mol. The van der Waals surface area contributed by atoms with Crippen molar-refractivity contribution in [1.82, 2.24) is 21.3 Å². The minimum Gasteiger partial charge on any atom is -0.394 e. The van der Waals surface area contributed by atoms with Gasteiger partial charge in [0.25, 0.3) is 0 Å². The zero-order valence-corrected chi connectivity index (χ0v) is 90.0. The molecule has 4 amide bonds. The van der Waals surface area contributed by atoms with Gasteiger partial charge in [0.1, 0.15) is 165 Å². The molecule has 0 aromatic rings. The Hall–Kier alpha value is -3.76. The lowest BCUT2D eigenvalue weighted by atomic mass is 9.87. The predicted octanol–water partition coefficient (Wildman–Crippen LogP) is -9.89. The number of carbonyl (C=O) groups excluding carboxylic acids is 4. The van der Waals surface area contributed by atoms with Crippen molar-refractivity contribution in [2.24, 2.45) is 70.6 Å². The first kappa shape index (κ1) is 140. The highest BCUT2D eigenvalue weighted by atomic mass is 16.6. The minimum atomic E-state index is -1.26. The predicted molar refractivity (Wildman–Crippen MR) is 525 cm³/mol. The van der Waals surface area contributed by atoms with E-state index < -0.39 is 250 Å². The summed E-state index contributed by atoms with van der Waals surface area (Å²) in [6.07, 6.45) is -34.4. The molecule has 48 atom stereocenters. The van der Waals surface area contributed by atoms with Gasteiger partial charge in [0.15, 0.2) is 0 Å². The number of ether oxygens (including phenoxy) is 10. The van der Waals surface area contributed by atoms with Gasteiger partial charge in [0.2, 0.25) is 23.6 Å². The van der Waals surface area contributed by atoms with Crippen LogP contribution < -0.4 is 32.7 Å². The maximum atomic E-state index is 11.1. The van der Waals surface area contributed by atoms with Crippen LogP contribution in [0.2, 0.25) is 0 Å². The Labute approximate surface area is 858 Å². The van der Waals surface area contributed by atoms with Crippen LogP contribution in [0.25, 0.3) is 0 Å². The van der Waals surface area contributed by atoms with Crippen LogP contribution in [-0.4, -0.2) is 511 Å². The largest absolute Gasteiger partial charge is 0.394 e. The van der Waals surface area contributed by atoms with Crippen molar-refractivity contribution in [2.45, 2.75) is 486 Å². The molecule has 10 heterocycles. The van der Waals surface area contributed by atoms with Crippen molar-refractivity contribution in [3.63, 3.8) is 0 Å². The molecule has 0 aromatic carbocycles. The molecule has 10 rings (SSSR count). The van der Waals surface area contributed by atoms with Crippen LogP contribution in [0.3, 0.4) is 0 Å². The number of nitrogens with one attached hydrogen (secondary N) is 4. The van der Waals surface area contributed by atoms with E-state index in [2.05, 4.69) is 21.3 Å². The van der Waals surface area contributed by atoms with E-state index in [0.29, 0.717) is 5.92 Å². The Bertz CT molecular complexity index is 3440. The molecule has 0 aliphatic carbocycles. The van der Waals surface area contributed by atoms with Gasteiger partial charge in [-0.1, -0.05) is 138 Å². The molecular formula is C97H192N6O43. The van der Waals surface area contributed by atoms with E-state index in [1.807, 2.05) is 145 Å². The smallest absolute Gasteiger partial charge is 0.217 e. The maximum absolute atomic E-state index is 11.1. The van der Waals surface area contributed by atoms with E-state index in [1.54, 1.807) is 13.8 Å². The van der Waals surface area contributed by atoms with Gasteiger partial charge in [-0.3, -0.25) is 19.2 Å². The van der Waals surface area contributed by atoms with Gasteiger partial charge in [-0.2, -0.15) is 0 Å². The van der Waals surface area contributed by atoms with Gasteiger partial charge < -0.3 is 228 Å². The third-order valence-electron chi connectivity index (χ3n) is 26.9. The molecule has 0 bridgehead atoms. The first-order valence-corrected chi connectivity index (χ1v) is 50.9. The molecule has 146 heavy (non-hydrogen) atoms. The van der Waals surface area contributed by atoms with Crippen LogP contribution in [0.15, 0.2) is 0 Å². The number of aliphatic hydroxyl groups is 29. The molecule has 49 heteroatoms. The van der Waals surface area contributed by atoms with E-state index in [0.717, 1.165) is 6.42 Å². The van der Waals surface area contributed by atoms with Crippen molar-refractivity contribution in [3.8, 4) is 0 Å². The number of hydrogen-bond acceptors (Lipinski definition) is 45. The lowest BCUT2D eigenvalue weighted by Crippen LogP contribution is -2.65. The van der Waals surface area contributed by atoms with Crippen LogP contribution in [0.4, 0.5) is 0 Å². The highest BCUT2D eigenvalue weighted by molar-refractivity contribution is 5.74. The number of carbonyl (C=O) groups is 4. The summed E-state index contributed by atoms with van der Waals surface area (Å²) >= 11 is 0. The molecule has 10 fully saturated rings. The summed E-state index contributed by atoms with van der Waals surface area (Å²) in [6.45, 7) is 47.2. The summed E-state index contributed by atoms with van der Waals surface area (Å²) in [5, 5.41) is 286. The Morgan fingerprint density at radius 3 is 0.808 bits per heavy atom. The standard InChI is InChI=1S/3C11H21NO5.C11H21NO4.C9H19NO3.C9H19NO2.3C9H18O5.C8H16O4/c1-5(2)11-8(12-6(3)14)10(16)9(15)7(4-13)17-11;1-5(2)11-10(16)8(12-6(3)14)9(15)7(4-13)17-11;1-5(2)11-10(16)9(15)8(14)7(17-11)4-12-6(3)13;1-5(2)11-10(15)8(12-7(4)13)9(14)6(3)16-11;1-4(2)9-8(12)6(10)7(11)5(3)13-9;1-5(2)9-8(11)7(10)4-6(3)12-9;3*1-4(2)9-8(13)7(12)6(11)5(3-10)14-9;1-4(2)8-7(11)6(10)5(9)3-12-8/h2*5,7-11,13,15-16H,4H2,1-3H3,(H,12,14);5,7-11,14-16H,4H2,1-3H3,(H,12,13);5-6,8-11,14-15H,1-4H3,(H,12,13);4-9,11-12H,10H2,1-3H3;5-9,11H,4,10H2,1-3H3;3*4-13H,3H2,1-2H3;4-11H,3H2,1-2H3/t7?,8?,9-,10-,11+;7?,8-,9+,10?,11-;7?,8-,9+,10?,11+;6?,8-,9+,10?,11-;5?,6-,7+,8?,9-;6?,7-,8?,9-;5?,6-,7+,8?,9+;2*5?,6-,7-,8?,9-;5-,6+,7?,8+/m1010001001/s1. The first-order chi connectivity index (χ1) is 67.4. The molecule has 0 aromatic heterocycles. The van der Waals surface area contributed by atoms with E-state index >= 15 is 0 Å². The number of aliphatic hydroxyl groups excluding tert-OH is 29. The molecule has 10 aliphatic heterocycles. The zero-order chi connectivity index (χ0) is 113. The van der Waals surface area contributed by atoms with Crippen molar-refractivity contribution < 1.29 is 215 Å². The number of nitrogens with two attached hydrogens (primary N) is 2. The van der Waals surface area contributed by atoms with Gasteiger partial charge in [-0.25, -0.2) is 0 Å². The third kappa shape index (κ3) is 41.4. The van der Waals surface area contributed by atoms with Gasteiger partial charge in [0, 0.05) is 40.3 Å². The topological polar surface area (TPSA) is 847 Å². The lowest BCUT2D eigenvalue weighted by molar-refractivity contribution is -0.238. The van der Waals surface area contributed by atoms with Gasteiger partial charge in [0.05, 0.1) is 161 Å². The van der Waals surface area contributed by atoms with Crippen molar-refractivity contribution >= 4 is 23.6 Å². The Morgan fingerprint density at radius 2 is 0.500 bits per heavy atom. The minimum absolute atomic E-state index is 0.00646. The molecule has 10 saturated heterocycles. The van der Waals surface area contributed by atoms with Crippen LogP contribution in [0, 0.1) is 59.2 Å².